The van der Waals surface area contributed by atoms with Gasteiger partial charge >= 0.3 is 5.97 Å². The third-order valence-electron chi connectivity index (χ3n) is 1.70. The Morgan fingerprint density at radius 1 is 1.75 bits per heavy atom. The average molecular weight is 171 g/mol. The first-order valence-electron chi connectivity index (χ1n) is 3.95. The minimum atomic E-state index is -0.908. The molecule has 1 rings (SSSR count). The van der Waals surface area contributed by atoms with Crippen LogP contribution >= 0.6 is 0 Å². The van der Waals surface area contributed by atoms with E-state index in [1.807, 2.05) is 11.8 Å². The summed E-state index contributed by atoms with van der Waals surface area (Å²) in [4.78, 5) is 12.1. The van der Waals surface area contributed by atoms with Crippen LogP contribution in [0.5, 0.6) is 0 Å². The molecule has 1 aliphatic rings. The quantitative estimate of drug-likeness (QED) is 0.607. The first-order chi connectivity index (χ1) is 5.68. The SMILES string of the molecule is CC1CN(C=CC(=O)O)CCO1. The van der Waals surface area contributed by atoms with Gasteiger partial charge < -0.3 is 14.7 Å². The Morgan fingerprint density at radius 3 is 3.08 bits per heavy atom. The zero-order valence-electron chi connectivity index (χ0n) is 7.06. The van der Waals surface area contributed by atoms with Crippen LogP contribution in [0, 0.1) is 0 Å². The third kappa shape index (κ3) is 2.92. The lowest BCUT2D eigenvalue weighted by Gasteiger charge is -2.29. The summed E-state index contributed by atoms with van der Waals surface area (Å²) in [5.41, 5.74) is 0. The minimum absolute atomic E-state index is 0.192. The summed E-state index contributed by atoms with van der Waals surface area (Å²) < 4.78 is 5.29. The number of carboxylic acids is 1. The molecular weight excluding hydrogens is 158 g/mol. The van der Waals surface area contributed by atoms with Gasteiger partial charge in [0.1, 0.15) is 0 Å². The Kier molecular flexibility index (Phi) is 3.10. The van der Waals surface area contributed by atoms with Gasteiger partial charge in [-0.05, 0) is 6.92 Å². The van der Waals surface area contributed by atoms with Crippen molar-refractivity contribution in [2.24, 2.45) is 0 Å². The third-order valence-corrected chi connectivity index (χ3v) is 1.70. The predicted molar refractivity (Wildman–Crippen MR) is 43.8 cm³/mol. The number of aliphatic carboxylic acids is 1. The summed E-state index contributed by atoms with van der Waals surface area (Å²) in [6, 6.07) is 0. The van der Waals surface area contributed by atoms with Crippen LogP contribution in [0.15, 0.2) is 12.3 Å². The summed E-state index contributed by atoms with van der Waals surface area (Å²) in [5.74, 6) is -0.908. The molecule has 4 nitrogen and oxygen atoms in total. The number of hydrogen-bond donors (Lipinski definition) is 1. The molecule has 0 aliphatic carbocycles. The zero-order chi connectivity index (χ0) is 8.97. The molecule has 68 valence electrons. The van der Waals surface area contributed by atoms with Crippen molar-refractivity contribution in [2.45, 2.75) is 13.0 Å². The van der Waals surface area contributed by atoms with Gasteiger partial charge in [-0.2, -0.15) is 0 Å². The van der Waals surface area contributed by atoms with Gasteiger partial charge in [0.05, 0.1) is 12.7 Å². The fraction of sp³-hybridized carbons (Fsp3) is 0.625. The van der Waals surface area contributed by atoms with Crippen molar-refractivity contribution in [3.05, 3.63) is 12.3 Å². The maximum atomic E-state index is 10.2. The highest BCUT2D eigenvalue weighted by Crippen LogP contribution is 2.03. The molecule has 0 amide bonds. The van der Waals surface area contributed by atoms with Crippen LogP contribution in [0.1, 0.15) is 6.92 Å². The lowest BCUT2D eigenvalue weighted by Crippen LogP contribution is -2.37. The Labute approximate surface area is 71.4 Å². The fourth-order valence-electron chi connectivity index (χ4n) is 1.15. The molecule has 1 heterocycles. The van der Waals surface area contributed by atoms with E-state index in [0.29, 0.717) is 6.61 Å². The summed E-state index contributed by atoms with van der Waals surface area (Å²) in [5, 5.41) is 8.37. The number of carbonyl (C=O) groups is 1. The van der Waals surface area contributed by atoms with Crippen molar-refractivity contribution < 1.29 is 14.6 Å². The van der Waals surface area contributed by atoms with Gasteiger partial charge in [-0.15, -0.1) is 0 Å². The topological polar surface area (TPSA) is 49.8 Å². The van der Waals surface area contributed by atoms with E-state index < -0.39 is 5.97 Å². The second-order valence-electron chi connectivity index (χ2n) is 2.83. The molecule has 0 aromatic rings. The van der Waals surface area contributed by atoms with E-state index in [-0.39, 0.29) is 6.10 Å². The van der Waals surface area contributed by atoms with Crippen LogP contribution in [-0.4, -0.2) is 41.8 Å². The standard InChI is InChI=1S/C8H13NO3/c1-7-6-9(4-5-12-7)3-2-8(10)11/h2-3,7H,4-6H2,1H3,(H,10,11). The van der Waals surface area contributed by atoms with E-state index in [4.69, 9.17) is 9.84 Å². The van der Waals surface area contributed by atoms with Crippen molar-refractivity contribution in [3.63, 3.8) is 0 Å². The molecule has 0 saturated carbocycles. The molecule has 0 radical (unpaired) electrons. The van der Waals surface area contributed by atoms with Gasteiger partial charge in [-0.3, -0.25) is 0 Å². The monoisotopic (exact) mass is 171 g/mol. The molecule has 4 heteroatoms. The highest BCUT2D eigenvalue weighted by molar-refractivity contribution is 5.79. The summed E-state index contributed by atoms with van der Waals surface area (Å²) in [7, 11) is 0. The van der Waals surface area contributed by atoms with Gasteiger partial charge in [0.25, 0.3) is 0 Å². The van der Waals surface area contributed by atoms with Crippen molar-refractivity contribution in [2.75, 3.05) is 19.7 Å². The van der Waals surface area contributed by atoms with E-state index in [0.717, 1.165) is 19.2 Å². The Morgan fingerprint density at radius 2 is 2.50 bits per heavy atom. The van der Waals surface area contributed by atoms with Crippen LogP contribution in [0.4, 0.5) is 0 Å². The van der Waals surface area contributed by atoms with Gasteiger partial charge in [-0.1, -0.05) is 0 Å². The Bertz CT molecular complexity index is 191. The number of morpholine rings is 1. The molecule has 0 bridgehead atoms. The lowest BCUT2D eigenvalue weighted by atomic mass is 10.3. The molecule has 1 unspecified atom stereocenters. The van der Waals surface area contributed by atoms with Gasteiger partial charge in [0, 0.05) is 25.4 Å². The normalized spacial score (nSPS) is 24.8. The van der Waals surface area contributed by atoms with Gasteiger partial charge in [0.15, 0.2) is 0 Å². The van der Waals surface area contributed by atoms with Crippen molar-refractivity contribution >= 4 is 5.97 Å². The highest BCUT2D eigenvalue weighted by Gasteiger charge is 2.12. The Hall–Kier alpha value is -1.03. The van der Waals surface area contributed by atoms with Crippen LogP contribution in [0.25, 0.3) is 0 Å². The van der Waals surface area contributed by atoms with Crippen molar-refractivity contribution in [1.29, 1.82) is 0 Å². The van der Waals surface area contributed by atoms with Crippen LogP contribution in [0.2, 0.25) is 0 Å². The van der Waals surface area contributed by atoms with Gasteiger partial charge in [0.2, 0.25) is 0 Å². The molecule has 0 aromatic heterocycles. The first-order valence-corrected chi connectivity index (χ1v) is 3.95. The Balaban J connectivity index is 2.36. The van der Waals surface area contributed by atoms with E-state index in [9.17, 15) is 4.79 Å². The lowest BCUT2D eigenvalue weighted by molar-refractivity contribution is -0.131. The number of rotatable bonds is 2. The van der Waals surface area contributed by atoms with Crippen LogP contribution in [0.3, 0.4) is 0 Å². The maximum absolute atomic E-state index is 10.2. The smallest absolute Gasteiger partial charge is 0.329 e. The molecule has 0 spiro atoms. The second kappa shape index (κ2) is 4.11. The number of nitrogens with zero attached hydrogens (tertiary/aromatic N) is 1. The summed E-state index contributed by atoms with van der Waals surface area (Å²) in [6.07, 6.45) is 2.94. The number of hydrogen-bond acceptors (Lipinski definition) is 3. The van der Waals surface area contributed by atoms with E-state index in [1.165, 1.54) is 0 Å². The zero-order valence-corrected chi connectivity index (χ0v) is 7.06. The van der Waals surface area contributed by atoms with E-state index in [2.05, 4.69) is 0 Å². The maximum Gasteiger partial charge on any atom is 0.329 e. The molecule has 1 N–H and O–H groups in total. The summed E-state index contributed by atoms with van der Waals surface area (Å²) in [6.45, 7) is 4.18. The second-order valence-corrected chi connectivity index (χ2v) is 2.83. The molecule has 12 heavy (non-hydrogen) atoms. The molecular formula is C8H13NO3. The number of ether oxygens (including phenoxy) is 1. The molecule has 1 atom stereocenters. The van der Waals surface area contributed by atoms with E-state index >= 15 is 0 Å². The van der Waals surface area contributed by atoms with Gasteiger partial charge in [-0.25, -0.2) is 4.79 Å². The molecule has 1 saturated heterocycles. The van der Waals surface area contributed by atoms with Crippen LogP contribution in [-0.2, 0) is 9.53 Å². The summed E-state index contributed by atoms with van der Waals surface area (Å²) >= 11 is 0. The number of carboxylic acid groups (broad SMARTS) is 1. The molecule has 1 aliphatic heterocycles. The fourth-order valence-corrected chi connectivity index (χ4v) is 1.15. The van der Waals surface area contributed by atoms with Crippen molar-refractivity contribution in [3.8, 4) is 0 Å². The van der Waals surface area contributed by atoms with Crippen molar-refractivity contribution in [1.82, 2.24) is 4.90 Å². The largest absolute Gasteiger partial charge is 0.478 e. The predicted octanol–water partition coefficient (Wildman–Crippen LogP) is 0.305. The van der Waals surface area contributed by atoms with E-state index in [1.54, 1.807) is 6.20 Å². The highest BCUT2D eigenvalue weighted by atomic mass is 16.5. The van der Waals surface area contributed by atoms with Crippen LogP contribution < -0.4 is 0 Å². The first kappa shape index (κ1) is 9.06. The molecule has 1 fully saturated rings. The average Bonchev–Trinajstić information content (AvgIpc) is 2.01. The minimum Gasteiger partial charge on any atom is -0.478 e. The molecule has 0 aromatic carbocycles.